The number of rotatable bonds is 4. The molecule has 1 saturated heterocycles. The van der Waals surface area contributed by atoms with Crippen LogP contribution in [-0.2, 0) is 27.9 Å². The van der Waals surface area contributed by atoms with Gasteiger partial charge in [-0.2, -0.15) is 22.8 Å². The van der Waals surface area contributed by atoms with Crippen molar-refractivity contribution in [2.75, 3.05) is 17.2 Å². The van der Waals surface area contributed by atoms with Crippen molar-refractivity contribution in [3.8, 4) is 11.4 Å². The maximum atomic E-state index is 13.2. The van der Waals surface area contributed by atoms with E-state index in [1.165, 1.54) is 34.2 Å². The van der Waals surface area contributed by atoms with Crippen LogP contribution in [0.2, 0.25) is 0 Å². The largest absolute Gasteiger partial charge is 0.417 e. The SMILES string of the molecule is CCS(=O)(=O)c1nn2c(N3CCCC3=O)ccnc2c1-c1nc2cc(C(F)(F)F)cnc2n1C. The summed E-state index contributed by atoms with van der Waals surface area (Å²) < 4.78 is 68.2. The Labute approximate surface area is 191 Å². The minimum atomic E-state index is -4.61. The third-order valence-electron chi connectivity index (χ3n) is 5.75. The predicted octanol–water partition coefficient (Wildman–Crippen LogP) is 2.62. The molecule has 0 spiro atoms. The van der Waals surface area contributed by atoms with Crippen LogP contribution in [-0.4, -0.2) is 55.8 Å². The number of aryl methyl sites for hydroxylation is 1. The molecule has 4 aromatic heterocycles. The van der Waals surface area contributed by atoms with E-state index in [0.717, 1.165) is 6.07 Å². The molecule has 1 aliphatic rings. The van der Waals surface area contributed by atoms with E-state index in [2.05, 4.69) is 20.1 Å². The lowest BCUT2D eigenvalue weighted by molar-refractivity contribution is -0.137. The van der Waals surface area contributed by atoms with Gasteiger partial charge in [0.2, 0.25) is 5.91 Å². The molecule has 1 aliphatic heterocycles. The fraction of sp³-hybridized carbons (Fsp3) is 0.350. The second-order valence-electron chi connectivity index (χ2n) is 7.83. The number of carbonyl (C=O) groups is 1. The van der Waals surface area contributed by atoms with Crippen LogP contribution >= 0.6 is 0 Å². The molecule has 1 fully saturated rings. The molecule has 4 aromatic rings. The molecule has 0 atom stereocenters. The van der Waals surface area contributed by atoms with E-state index in [0.29, 0.717) is 31.4 Å². The van der Waals surface area contributed by atoms with Gasteiger partial charge in [-0.25, -0.2) is 23.4 Å². The van der Waals surface area contributed by atoms with E-state index in [1.54, 1.807) is 6.07 Å². The van der Waals surface area contributed by atoms with Gasteiger partial charge in [0, 0.05) is 32.4 Å². The lowest BCUT2D eigenvalue weighted by Crippen LogP contribution is -2.26. The minimum absolute atomic E-state index is 0.0319. The fourth-order valence-electron chi connectivity index (χ4n) is 4.01. The number of amides is 1. The number of anilines is 1. The van der Waals surface area contributed by atoms with Gasteiger partial charge in [-0.3, -0.25) is 9.69 Å². The Morgan fingerprint density at radius 1 is 1.18 bits per heavy atom. The molecule has 1 amide bonds. The van der Waals surface area contributed by atoms with Gasteiger partial charge in [0.15, 0.2) is 26.2 Å². The van der Waals surface area contributed by atoms with E-state index >= 15 is 0 Å². The summed E-state index contributed by atoms with van der Waals surface area (Å²) >= 11 is 0. The van der Waals surface area contributed by atoms with Crippen LogP contribution in [0.4, 0.5) is 19.0 Å². The summed E-state index contributed by atoms with van der Waals surface area (Å²) in [5.74, 6) is -0.0118. The van der Waals surface area contributed by atoms with E-state index in [1.807, 2.05) is 0 Å². The van der Waals surface area contributed by atoms with Gasteiger partial charge in [-0.15, -0.1) is 0 Å². The second-order valence-corrected chi connectivity index (χ2v) is 10.0. The van der Waals surface area contributed by atoms with Crippen molar-refractivity contribution < 1.29 is 26.4 Å². The summed E-state index contributed by atoms with van der Waals surface area (Å²) in [5.41, 5.74) is -0.757. The van der Waals surface area contributed by atoms with Crippen molar-refractivity contribution in [1.29, 1.82) is 0 Å². The molecule has 34 heavy (non-hydrogen) atoms. The minimum Gasteiger partial charge on any atom is -0.312 e. The Bertz CT molecular complexity index is 1570. The molecular formula is C20H18F3N7O3S. The van der Waals surface area contributed by atoms with Gasteiger partial charge < -0.3 is 4.57 Å². The van der Waals surface area contributed by atoms with Crippen LogP contribution in [0, 0.1) is 0 Å². The molecule has 0 bridgehead atoms. The van der Waals surface area contributed by atoms with Crippen LogP contribution in [0.1, 0.15) is 25.3 Å². The first-order valence-corrected chi connectivity index (χ1v) is 12.0. The Morgan fingerprint density at radius 3 is 2.59 bits per heavy atom. The number of nitrogens with zero attached hydrogens (tertiary/aromatic N) is 7. The number of alkyl halides is 3. The number of imidazole rings is 1. The van der Waals surface area contributed by atoms with Crippen LogP contribution < -0.4 is 4.90 Å². The first-order valence-electron chi connectivity index (χ1n) is 10.3. The first-order chi connectivity index (χ1) is 16.0. The maximum absolute atomic E-state index is 13.2. The number of hydrogen-bond donors (Lipinski definition) is 0. The summed E-state index contributed by atoms with van der Waals surface area (Å²) in [5, 5.41) is 3.97. The number of hydrogen-bond acceptors (Lipinski definition) is 7. The van der Waals surface area contributed by atoms with Gasteiger partial charge in [0.1, 0.15) is 22.7 Å². The Kier molecular flexibility index (Phi) is 4.90. The van der Waals surface area contributed by atoms with Crippen LogP contribution in [0.15, 0.2) is 29.6 Å². The zero-order valence-corrected chi connectivity index (χ0v) is 18.9. The number of sulfone groups is 1. The molecule has 5 heterocycles. The number of pyridine rings is 1. The lowest BCUT2D eigenvalue weighted by Gasteiger charge is -2.16. The van der Waals surface area contributed by atoms with Crippen molar-refractivity contribution in [1.82, 2.24) is 29.1 Å². The topological polar surface area (TPSA) is 115 Å². The Balaban J connectivity index is 1.82. The highest BCUT2D eigenvalue weighted by Crippen LogP contribution is 2.36. The van der Waals surface area contributed by atoms with Gasteiger partial charge in [-0.1, -0.05) is 6.92 Å². The average Bonchev–Trinajstić information content (AvgIpc) is 3.48. The molecule has 0 saturated carbocycles. The quantitative estimate of drug-likeness (QED) is 0.429. The van der Waals surface area contributed by atoms with Crippen LogP contribution in [0.3, 0.4) is 0 Å². The van der Waals surface area contributed by atoms with Gasteiger partial charge >= 0.3 is 6.18 Å². The lowest BCUT2D eigenvalue weighted by atomic mass is 10.2. The van der Waals surface area contributed by atoms with Crippen molar-refractivity contribution in [2.45, 2.75) is 31.0 Å². The third-order valence-corrected chi connectivity index (χ3v) is 7.39. The molecule has 0 aromatic carbocycles. The van der Waals surface area contributed by atoms with Crippen molar-refractivity contribution in [3.05, 3.63) is 30.1 Å². The number of halogens is 3. The smallest absolute Gasteiger partial charge is 0.312 e. The average molecular weight is 493 g/mol. The normalized spacial score (nSPS) is 15.2. The highest BCUT2D eigenvalue weighted by atomic mass is 32.2. The van der Waals surface area contributed by atoms with Crippen molar-refractivity contribution in [2.24, 2.45) is 7.05 Å². The highest BCUT2D eigenvalue weighted by Gasteiger charge is 2.34. The molecule has 5 rings (SSSR count). The summed E-state index contributed by atoms with van der Waals surface area (Å²) in [7, 11) is -2.39. The molecule has 14 heteroatoms. The van der Waals surface area contributed by atoms with Gasteiger partial charge in [0.05, 0.1) is 11.3 Å². The molecule has 178 valence electrons. The zero-order valence-electron chi connectivity index (χ0n) is 18.0. The summed E-state index contributed by atoms with van der Waals surface area (Å²) in [6.45, 7) is 1.90. The van der Waals surface area contributed by atoms with E-state index in [4.69, 9.17) is 0 Å². The molecule has 10 nitrogen and oxygen atoms in total. The van der Waals surface area contributed by atoms with E-state index in [-0.39, 0.29) is 44.9 Å². The molecule has 0 N–H and O–H groups in total. The summed E-state index contributed by atoms with van der Waals surface area (Å²) in [6, 6.07) is 2.41. The monoisotopic (exact) mass is 493 g/mol. The molecular weight excluding hydrogens is 475 g/mol. The standard InChI is InChI=1S/C20H18F3N7O3S/c1-3-34(32,33)19-15(17-24-7-6-13(30(17)27-19)29-8-4-5-14(29)31)18-26-12-9-11(20(21,22)23)10-25-16(12)28(18)2/h6-7,9-10H,3-5,8H2,1-2H3. The number of carbonyl (C=O) groups excluding carboxylic acids is 1. The summed E-state index contributed by atoms with van der Waals surface area (Å²) in [6.07, 6.45) is -1.49. The highest BCUT2D eigenvalue weighted by molar-refractivity contribution is 7.91. The van der Waals surface area contributed by atoms with Crippen molar-refractivity contribution in [3.63, 3.8) is 0 Å². The maximum Gasteiger partial charge on any atom is 0.417 e. The van der Waals surface area contributed by atoms with Gasteiger partial charge in [0.25, 0.3) is 0 Å². The van der Waals surface area contributed by atoms with E-state index < -0.39 is 21.6 Å². The molecule has 0 unspecified atom stereocenters. The number of fused-ring (bicyclic) bond motifs is 2. The fourth-order valence-corrected chi connectivity index (χ4v) is 4.99. The Morgan fingerprint density at radius 2 is 1.94 bits per heavy atom. The van der Waals surface area contributed by atoms with Crippen LogP contribution in [0.25, 0.3) is 28.2 Å². The second kappa shape index (κ2) is 7.48. The van der Waals surface area contributed by atoms with E-state index in [9.17, 15) is 26.4 Å². The van der Waals surface area contributed by atoms with Crippen molar-refractivity contribution >= 4 is 38.4 Å². The first kappa shape index (κ1) is 22.3. The molecule has 0 radical (unpaired) electrons. The zero-order chi connectivity index (χ0) is 24.4. The van der Waals surface area contributed by atoms with Crippen LogP contribution in [0.5, 0.6) is 0 Å². The Hall–Kier alpha value is -3.55. The number of aromatic nitrogens is 6. The third kappa shape index (κ3) is 3.31. The molecule has 0 aliphatic carbocycles. The summed E-state index contributed by atoms with van der Waals surface area (Å²) in [4.78, 5) is 26.3. The van der Waals surface area contributed by atoms with Gasteiger partial charge in [-0.05, 0) is 18.6 Å². The predicted molar refractivity (Wildman–Crippen MR) is 115 cm³/mol.